The van der Waals surface area contributed by atoms with Gasteiger partial charge in [-0.3, -0.25) is 4.79 Å². The zero-order valence-electron chi connectivity index (χ0n) is 14.3. The summed E-state index contributed by atoms with van der Waals surface area (Å²) in [5, 5.41) is 3.68. The number of benzene rings is 2. The van der Waals surface area contributed by atoms with E-state index in [0.717, 1.165) is 12.1 Å². The second-order valence-electron chi connectivity index (χ2n) is 6.53. The Morgan fingerprint density at radius 3 is 2.40 bits per heavy atom. The highest BCUT2D eigenvalue weighted by molar-refractivity contribution is 5.82. The minimum absolute atomic E-state index is 0.0461. The number of hydrogen-bond donors (Lipinski definition) is 1. The van der Waals surface area contributed by atoms with E-state index in [1.807, 2.05) is 12.1 Å². The highest BCUT2D eigenvalue weighted by Crippen LogP contribution is 2.24. The Bertz CT molecular complexity index is 766. The van der Waals surface area contributed by atoms with Crippen LogP contribution in [0.15, 0.2) is 47.6 Å². The van der Waals surface area contributed by atoms with E-state index < -0.39 is 17.5 Å². The van der Waals surface area contributed by atoms with Crippen LogP contribution in [-0.2, 0) is 10.2 Å². The van der Waals surface area contributed by atoms with Crippen LogP contribution in [-0.4, -0.2) is 18.7 Å². The van der Waals surface area contributed by atoms with Gasteiger partial charge in [0.25, 0.3) is 5.91 Å². The van der Waals surface area contributed by atoms with Crippen molar-refractivity contribution in [1.29, 1.82) is 0 Å². The first-order chi connectivity index (χ1) is 11.8. The molecule has 6 heteroatoms. The number of hydrogen-bond acceptors (Lipinski definition) is 3. The molecule has 0 aromatic heterocycles. The van der Waals surface area contributed by atoms with Gasteiger partial charge in [-0.2, -0.15) is 5.10 Å². The molecule has 0 saturated carbocycles. The molecule has 25 heavy (non-hydrogen) atoms. The van der Waals surface area contributed by atoms with Crippen LogP contribution in [0.5, 0.6) is 5.75 Å². The lowest BCUT2D eigenvalue weighted by Gasteiger charge is -2.19. The minimum atomic E-state index is -0.975. The molecule has 0 spiro atoms. The largest absolute Gasteiger partial charge is 0.484 e. The number of hydrazone groups is 1. The monoisotopic (exact) mass is 346 g/mol. The highest BCUT2D eigenvalue weighted by Gasteiger charge is 2.13. The van der Waals surface area contributed by atoms with Crippen molar-refractivity contribution in [3.8, 4) is 5.75 Å². The normalized spacial score (nSPS) is 11.6. The molecule has 0 fully saturated rings. The quantitative estimate of drug-likeness (QED) is 0.661. The first-order valence-corrected chi connectivity index (χ1v) is 7.76. The summed E-state index contributed by atoms with van der Waals surface area (Å²) in [5.74, 6) is -1.80. The predicted molar refractivity (Wildman–Crippen MR) is 92.7 cm³/mol. The smallest absolute Gasteiger partial charge is 0.277 e. The van der Waals surface area contributed by atoms with Crippen LogP contribution in [0.25, 0.3) is 0 Å². The van der Waals surface area contributed by atoms with E-state index in [1.54, 1.807) is 12.1 Å². The molecule has 1 N–H and O–H groups in total. The van der Waals surface area contributed by atoms with Gasteiger partial charge in [0.05, 0.1) is 6.21 Å². The van der Waals surface area contributed by atoms with Crippen LogP contribution in [0, 0.1) is 11.6 Å². The number of carbonyl (C=O) groups excluding carboxylic acids is 1. The van der Waals surface area contributed by atoms with Gasteiger partial charge >= 0.3 is 0 Å². The van der Waals surface area contributed by atoms with E-state index in [-0.39, 0.29) is 12.0 Å². The molecule has 1 amide bonds. The van der Waals surface area contributed by atoms with Gasteiger partial charge in [0, 0.05) is 0 Å². The molecule has 0 bridgehead atoms. The van der Waals surface area contributed by atoms with Crippen molar-refractivity contribution in [3.63, 3.8) is 0 Å². The number of amides is 1. The Hall–Kier alpha value is -2.76. The molecule has 0 heterocycles. The Balaban J connectivity index is 1.82. The van der Waals surface area contributed by atoms with Crippen molar-refractivity contribution in [3.05, 3.63) is 65.2 Å². The molecular formula is C19H20F2N2O2. The van der Waals surface area contributed by atoms with Crippen molar-refractivity contribution >= 4 is 12.1 Å². The Morgan fingerprint density at radius 1 is 1.12 bits per heavy atom. The van der Waals surface area contributed by atoms with E-state index in [9.17, 15) is 13.6 Å². The lowest BCUT2D eigenvalue weighted by Crippen LogP contribution is -2.24. The van der Waals surface area contributed by atoms with E-state index >= 15 is 0 Å². The minimum Gasteiger partial charge on any atom is -0.484 e. The zero-order chi connectivity index (χ0) is 18.4. The van der Waals surface area contributed by atoms with E-state index in [1.165, 1.54) is 17.8 Å². The summed E-state index contributed by atoms with van der Waals surface area (Å²) in [6.45, 7) is 6.13. The van der Waals surface area contributed by atoms with E-state index in [0.29, 0.717) is 11.3 Å². The van der Waals surface area contributed by atoms with Crippen LogP contribution in [0.4, 0.5) is 8.78 Å². The maximum absolute atomic E-state index is 13.0. The average molecular weight is 346 g/mol. The summed E-state index contributed by atoms with van der Waals surface area (Å²) in [7, 11) is 0. The predicted octanol–water partition coefficient (Wildman–Crippen LogP) is 3.79. The second kappa shape index (κ2) is 7.88. The zero-order valence-corrected chi connectivity index (χ0v) is 14.3. The van der Waals surface area contributed by atoms with Gasteiger partial charge in [-0.1, -0.05) is 39.0 Å². The van der Waals surface area contributed by atoms with Crippen molar-refractivity contribution in [2.45, 2.75) is 26.2 Å². The number of nitrogens with one attached hydrogen (secondary N) is 1. The highest BCUT2D eigenvalue weighted by atomic mass is 19.2. The van der Waals surface area contributed by atoms with Crippen molar-refractivity contribution in [1.82, 2.24) is 5.43 Å². The summed E-state index contributed by atoms with van der Waals surface area (Å²) < 4.78 is 31.2. The lowest BCUT2D eigenvalue weighted by atomic mass is 9.87. The molecule has 2 rings (SSSR count). The first kappa shape index (κ1) is 18.6. The molecule has 4 nitrogen and oxygen atoms in total. The summed E-state index contributed by atoms with van der Waals surface area (Å²) in [6.07, 6.45) is 1.22. The Morgan fingerprint density at radius 2 is 1.80 bits per heavy atom. The number of halogens is 2. The third kappa shape index (κ3) is 5.67. The first-order valence-electron chi connectivity index (χ1n) is 7.76. The fraction of sp³-hybridized carbons (Fsp3) is 0.263. The van der Waals surface area contributed by atoms with Crippen LogP contribution in [0.3, 0.4) is 0 Å². The lowest BCUT2D eigenvalue weighted by molar-refractivity contribution is -0.123. The number of rotatable bonds is 5. The Kier molecular flexibility index (Phi) is 5.85. The van der Waals surface area contributed by atoms with Crippen molar-refractivity contribution in [2.75, 3.05) is 6.61 Å². The number of carbonyl (C=O) groups is 1. The van der Waals surface area contributed by atoms with Gasteiger partial charge in [0.2, 0.25) is 0 Å². The summed E-state index contributed by atoms with van der Waals surface area (Å²) in [4.78, 5) is 11.7. The van der Waals surface area contributed by atoms with Gasteiger partial charge < -0.3 is 4.74 Å². The molecule has 0 saturated heterocycles. The SMILES string of the molecule is CC(C)(C)c1ccc(OCC(=O)NN=Cc2ccc(F)c(F)c2)cc1. The number of nitrogens with zero attached hydrogens (tertiary/aromatic N) is 1. The van der Waals surface area contributed by atoms with Crippen molar-refractivity contribution in [2.24, 2.45) is 5.10 Å². The van der Waals surface area contributed by atoms with Gasteiger partial charge in [0.15, 0.2) is 18.2 Å². The van der Waals surface area contributed by atoms with Crippen LogP contribution < -0.4 is 10.2 Å². The maximum atomic E-state index is 13.0. The molecule has 0 aliphatic heterocycles. The summed E-state index contributed by atoms with van der Waals surface area (Å²) in [6, 6.07) is 10.8. The van der Waals surface area contributed by atoms with Crippen LogP contribution >= 0.6 is 0 Å². The van der Waals surface area contributed by atoms with Gasteiger partial charge in [-0.25, -0.2) is 14.2 Å². The molecule has 2 aromatic rings. The standard InChI is InChI=1S/C19H20F2N2O2/c1-19(2,3)14-5-7-15(8-6-14)25-12-18(24)23-22-11-13-4-9-16(20)17(21)10-13/h4-11H,12H2,1-3H3,(H,23,24). The third-order valence-corrected chi connectivity index (χ3v) is 3.44. The molecule has 0 aliphatic rings. The molecule has 0 atom stereocenters. The maximum Gasteiger partial charge on any atom is 0.277 e. The van der Waals surface area contributed by atoms with E-state index in [4.69, 9.17) is 4.74 Å². The van der Waals surface area contributed by atoms with Crippen LogP contribution in [0.1, 0.15) is 31.9 Å². The molecule has 0 aliphatic carbocycles. The van der Waals surface area contributed by atoms with Crippen LogP contribution in [0.2, 0.25) is 0 Å². The second-order valence-corrected chi connectivity index (χ2v) is 6.53. The third-order valence-electron chi connectivity index (χ3n) is 3.44. The topological polar surface area (TPSA) is 50.7 Å². The summed E-state index contributed by atoms with van der Waals surface area (Å²) >= 11 is 0. The van der Waals surface area contributed by atoms with Gasteiger partial charge in [0.1, 0.15) is 5.75 Å². The van der Waals surface area contributed by atoms with E-state index in [2.05, 4.69) is 31.3 Å². The van der Waals surface area contributed by atoms with Crippen molar-refractivity contribution < 1.29 is 18.3 Å². The van der Waals surface area contributed by atoms with Gasteiger partial charge in [-0.15, -0.1) is 0 Å². The fourth-order valence-electron chi connectivity index (χ4n) is 2.00. The molecule has 2 aromatic carbocycles. The fourth-order valence-corrected chi connectivity index (χ4v) is 2.00. The van der Waals surface area contributed by atoms with Gasteiger partial charge in [-0.05, 0) is 40.8 Å². The summed E-state index contributed by atoms with van der Waals surface area (Å²) in [5.41, 5.74) is 3.80. The molecule has 0 unspecified atom stereocenters. The molecule has 132 valence electrons. The molecular weight excluding hydrogens is 326 g/mol. The Labute approximate surface area is 145 Å². The molecule has 0 radical (unpaired) electrons. The number of ether oxygens (including phenoxy) is 1. The average Bonchev–Trinajstić information content (AvgIpc) is 2.56.